The lowest BCUT2D eigenvalue weighted by Crippen LogP contribution is -2.20. The molecule has 1 unspecified atom stereocenters. The number of nitrogens with two attached hydrogens (primary N) is 1. The molecule has 1 atom stereocenters. The van der Waals surface area contributed by atoms with Gasteiger partial charge in [-0.2, -0.15) is 0 Å². The van der Waals surface area contributed by atoms with E-state index < -0.39 is 0 Å². The smallest absolute Gasteiger partial charge is 0.0237 e. The van der Waals surface area contributed by atoms with Gasteiger partial charge in [-0.1, -0.05) is 13.8 Å². The van der Waals surface area contributed by atoms with E-state index in [0.29, 0.717) is 6.04 Å². The molecule has 0 bridgehead atoms. The fourth-order valence-corrected chi connectivity index (χ4v) is 0.469. The predicted molar refractivity (Wildman–Crippen MR) is 50.5 cm³/mol. The van der Waals surface area contributed by atoms with E-state index in [9.17, 15) is 0 Å². The van der Waals surface area contributed by atoms with Crippen molar-refractivity contribution in [1.29, 1.82) is 0 Å². The van der Waals surface area contributed by atoms with Crippen molar-refractivity contribution in [2.24, 2.45) is 5.73 Å². The van der Waals surface area contributed by atoms with Crippen LogP contribution >= 0.6 is 0 Å². The lowest BCUT2D eigenvalue weighted by atomic mass is 10.2. The molecule has 0 radical (unpaired) electrons. The van der Waals surface area contributed by atoms with Gasteiger partial charge in [-0.05, 0) is 19.8 Å². The summed E-state index contributed by atoms with van der Waals surface area (Å²) in [5.41, 5.74) is 6.49. The van der Waals surface area contributed by atoms with Crippen LogP contribution in [0.25, 0.3) is 0 Å². The Hall–Kier alpha value is -0.700. The Morgan fingerprint density at radius 2 is 2.09 bits per heavy atom. The van der Waals surface area contributed by atoms with Crippen LogP contribution < -0.4 is 17.2 Å². The molecule has 0 aromatic carbocycles. The molecule has 68 valence electrons. The van der Waals surface area contributed by atoms with Gasteiger partial charge < -0.3 is 17.2 Å². The standard InChI is InChI=1S/C8H18N2.H3N/c1-4-7(3)10-6-8(9)5-2;/h6-7,10H,4-5,9H2,1-3H3;1H3/b8-6-;. The van der Waals surface area contributed by atoms with Gasteiger partial charge in [0.15, 0.2) is 0 Å². The van der Waals surface area contributed by atoms with Gasteiger partial charge in [0, 0.05) is 17.9 Å². The number of hydrogen-bond donors (Lipinski definition) is 3. The second-order valence-corrected chi connectivity index (χ2v) is 2.55. The summed E-state index contributed by atoms with van der Waals surface area (Å²) < 4.78 is 0. The third-order valence-corrected chi connectivity index (χ3v) is 1.57. The van der Waals surface area contributed by atoms with Crippen molar-refractivity contribution >= 4 is 0 Å². The minimum atomic E-state index is 0. The van der Waals surface area contributed by atoms with E-state index in [-0.39, 0.29) is 6.15 Å². The maximum Gasteiger partial charge on any atom is 0.0237 e. The summed E-state index contributed by atoms with van der Waals surface area (Å²) in [6, 6.07) is 0.532. The van der Waals surface area contributed by atoms with Crippen molar-refractivity contribution < 1.29 is 0 Å². The van der Waals surface area contributed by atoms with Gasteiger partial charge in [0.05, 0.1) is 0 Å². The van der Waals surface area contributed by atoms with Gasteiger partial charge >= 0.3 is 0 Å². The Morgan fingerprint density at radius 3 is 2.45 bits per heavy atom. The normalized spacial score (nSPS) is 13.5. The molecule has 6 N–H and O–H groups in total. The van der Waals surface area contributed by atoms with Crippen molar-refractivity contribution in [2.75, 3.05) is 0 Å². The zero-order chi connectivity index (χ0) is 7.98. The van der Waals surface area contributed by atoms with Gasteiger partial charge in [0.25, 0.3) is 0 Å². The topological polar surface area (TPSA) is 73.0 Å². The van der Waals surface area contributed by atoms with Gasteiger partial charge in [-0.15, -0.1) is 0 Å². The quantitative estimate of drug-likeness (QED) is 0.585. The molecular weight excluding hydrogens is 138 g/mol. The van der Waals surface area contributed by atoms with Gasteiger partial charge in [0.1, 0.15) is 0 Å². The fourth-order valence-electron chi connectivity index (χ4n) is 0.469. The summed E-state index contributed by atoms with van der Waals surface area (Å²) in [6.07, 6.45) is 3.95. The summed E-state index contributed by atoms with van der Waals surface area (Å²) in [4.78, 5) is 0. The van der Waals surface area contributed by atoms with Crippen molar-refractivity contribution in [1.82, 2.24) is 11.5 Å². The van der Waals surface area contributed by atoms with Crippen molar-refractivity contribution in [3.8, 4) is 0 Å². The van der Waals surface area contributed by atoms with Crippen molar-refractivity contribution in [2.45, 2.75) is 39.7 Å². The van der Waals surface area contributed by atoms with Crippen LogP contribution in [0, 0.1) is 0 Å². The third kappa shape index (κ3) is 7.19. The first-order valence-corrected chi connectivity index (χ1v) is 3.91. The Kier molecular flexibility index (Phi) is 8.71. The van der Waals surface area contributed by atoms with E-state index in [1.165, 1.54) is 0 Å². The lowest BCUT2D eigenvalue weighted by Gasteiger charge is -2.08. The van der Waals surface area contributed by atoms with E-state index in [1.54, 1.807) is 0 Å². The molecule has 0 fully saturated rings. The second-order valence-electron chi connectivity index (χ2n) is 2.55. The van der Waals surface area contributed by atoms with E-state index >= 15 is 0 Å². The molecule has 0 rings (SSSR count). The van der Waals surface area contributed by atoms with Crippen molar-refractivity contribution in [3.63, 3.8) is 0 Å². The minimum Gasteiger partial charge on any atom is -0.401 e. The van der Waals surface area contributed by atoms with E-state index in [4.69, 9.17) is 5.73 Å². The molecule has 0 heterocycles. The van der Waals surface area contributed by atoms with Crippen LogP contribution in [-0.4, -0.2) is 6.04 Å². The van der Waals surface area contributed by atoms with E-state index in [1.807, 2.05) is 13.1 Å². The molecule has 0 aromatic heterocycles. The molecule has 11 heavy (non-hydrogen) atoms. The molecular formula is C8H21N3. The fraction of sp³-hybridized carbons (Fsp3) is 0.750. The first-order valence-electron chi connectivity index (χ1n) is 3.91. The predicted octanol–water partition coefficient (Wildman–Crippen LogP) is 1.75. The molecule has 0 saturated carbocycles. The van der Waals surface area contributed by atoms with Crippen LogP contribution in [0.5, 0.6) is 0 Å². The van der Waals surface area contributed by atoms with Crippen LogP contribution in [0.4, 0.5) is 0 Å². The van der Waals surface area contributed by atoms with Gasteiger partial charge in [0.2, 0.25) is 0 Å². The van der Waals surface area contributed by atoms with Crippen LogP contribution in [0.2, 0.25) is 0 Å². The van der Waals surface area contributed by atoms with Crippen LogP contribution in [0.15, 0.2) is 11.9 Å². The summed E-state index contributed by atoms with van der Waals surface area (Å²) in [5, 5.41) is 3.20. The summed E-state index contributed by atoms with van der Waals surface area (Å²) >= 11 is 0. The molecule has 0 amide bonds. The highest BCUT2D eigenvalue weighted by Gasteiger charge is 1.91. The molecule has 0 aliphatic heterocycles. The summed E-state index contributed by atoms with van der Waals surface area (Å²) in [5.74, 6) is 0. The van der Waals surface area contributed by atoms with Gasteiger partial charge in [-0.25, -0.2) is 0 Å². The highest BCUT2D eigenvalue weighted by Crippen LogP contribution is 1.91. The first-order chi connectivity index (χ1) is 4.70. The Balaban J connectivity index is 0. The highest BCUT2D eigenvalue weighted by molar-refractivity contribution is 4.93. The Labute approximate surface area is 69.6 Å². The van der Waals surface area contributed by atoms with E-state index in [0.717, 1.165) is 18.5 Å². The van der Waals surface area contributed by atoms with Crippen LogP contribution in [0.3, 0.4) is 0 Å². The molecule has 0 aliphatic carbocycles. The molecule has 3 heteroatoms. The highest BCUT2D eigenvalue weighted by atomic mass is 14.9. The second kappa shape index (κ2) is 7.41. The molecule has 3 nitrogen and oxygen atoms in total. The SMILES string of the molecule is CC/C(N)=C/NC(C)CC.N. The van der Waals surface area contributed by atoms with Crippen molar-refractivity contribution in [3.05, 3.63) is 11.9 Å². The Bertz CT molecular complexity index is 110. The largest absolute Gasteiger partial charge is 0.401 e. The molecule has 0 aromatic rings. The van der Waals surface area contributed by atoms with E-state index in [2.05, 4.69) is 19.2 Å². The zero-order valence-corrected chi connectivity index (χ0v) is 7.85. The maximum atomic E-state index is 5.57. The number of hydrogen-bond acceptors (Lipinski definition) is 3. The monoisotopic (exact) mass is 159 g/mol. The van der Waals surface area contributed by atoms with Crippen LogP contribution in [0.1, 0.15) is 33.6 Å². The average molecular weight is 159 g/mol. The molecule has 0 aliphatic rings. The zero-order valence-electron chi connectivity index (χ0n) is 7.85. The molecule has 0 saturated heterocycles. The summed E-state index contributed by atoms with van der Waals surface area (Å²) in [7, 11) is 0. The maximum absolute atomic E-state index is 5.57. The minimum absolute atomic E-state index is 0. The third-order valence-electron chi connectivity index (χ3n) is 1.57. The lowest BCUT2D eigenvalue weighted by molar-refractivity contribution is 0.614. The average Bonchev–Trinajstić information content (AvgIpc) is 1.99. The number of allylic oxidation sites excluding steroid dienone is 1. The number of rotatable bonds is 4. The Morgan fingerprint density at radius 1 is 1.55 bits per heavy atom. The first kappa shape index (κ1) is 12.9. The number of nitrogens with one attached hydrogen (secondary N) is 1. The van der Waals surface area contributed by atoms with Crippen LogP contribution in [-0.2, 0) is 0 Å². The van der Waals surface area contributed by atoms with Gasteiger partial charge in [-0.3, -0.25) is 0 Å². The summed E-state index contributed by atoms with van der Waals surface area (Å²) in [6.45, 7) is 6.33. The molecule has 0 spiro atoms.